The van der Waals surface area contributed by atoms with E-state index in [1.54, 1.807) is 18.2 Å². The summed E-state index contributed by atoms with van der Waals surface area (Å²) in [5.74, 6) is -0.542. The van der Waals surface area contributed by atoms with Crippen LogP contribution in [0.1, 0.15) is 22.5 Å². The number of nitrogens with zero attached hydrogens (tertiary/aromatic N) is 1. The van der Waals surface area contributed by atoms with Gasteiger partial charge in [-0.3, -0.25) is 9.59 Å². The summed E-state index contributed by atoms with van der Waals surface area (Å²) in [4.78, 5) is 29.3. The highest BCUT2D eigenvalue weighted by atomic mass is 35.5. The fourth-order valence-electron chi connectivity index (χ4n) is 3.01. The molecule has 0 bridgehead atoms. The van der Waals surface area contributed by atoms with Crippen LogP contribution < -0.4 is 5.32 Å². The van der Waals surface area contributed by atoms with Gasteiger partial charge in [0.25, 0.3) is 5.91 Å². The average molecular weight is 400 g/mol. The van der Waals surface area contributed by atoms with E-state index >= 15 is 0 Å². The molecular formula is C21H22ClN3O3. The van der Waals surface area contributed by atoms with Crippen LogP contribution in [-0.4, -0.2) is 46.6 Å². The maximum Gasteiger partial charge on any atom is 0.267 e. The van der Waals surface area contributed by atoms with Gasteiger partial charge in [-0.15, -0.1) is 0 Å². The third-order valence-electron chi connectivity index (χ3n) is 4.55. The summed E-state index contributed by atoms with van der Waals surface area (Å²) in [5.41, 5.74) is 2.22. The van der Waals surface area contributed by atoms with Crippen LogP contribution in [0.3, 0.4) is 0 Å². The van der Waals surface area contributed by atoms with Crippen molar-refractivity contribution in [3.05, 3.63) is 70.9 Å². The van der Waals surface area contributed by atoms with Crippen LogP contribution in [0.5, 0.6) is 0 Å². The number of aromatic amines is 1. The number of hydrogen-bond donors (Lipinski definition) is 3. The Bertz CT molecular complexity index is 971. The molecule has 0 saturated carbocycles. The molecule has 0 aliphatic heterocycles. The number of benzene rings is 2. The lowest BCUT2D eigenvalue weighted by Gasteiger charge is -2.21. The molecule has 3 N–H and O–H groups in total. The third-order valence-corrected chi connectivity index (χ3v) is 4.78. The number of aliphatic hydroxyl groups excluding tert-OH is 1. The predicted octanol–water partition coefficient (Wildman–Crippen LogP) is 2.96. The highest BCUT2D eigenvalue weighted by Gasteiger charge is 2.21. The highest BCUT2D eigenvalue weighted by molar-refractivity contribution is 6.31. The Morgan fingerprint density at radius 3 is 2.64 bits per heavy atom. The molecular weight excluding hydrogens is 378 g/mol. The summed E-state index contributed by atoms with van der Waals surface area (Å²) in [5, 5.41) is 13.5. The Labute approximate surface area is 168 Å². The molecule has 0 fully saturated rings. The molecule has 6 nitrogen and oxygen atoms in total. The summed E-state index contributed by atoms with van der Waals surface area (Å²) in [6.07, 6.45) is 0.591. The largest absolute Gasteiger partial charge is 0.376 e. The van der Waals surface area contributed by atoms with Crippen LogP contribution in [0, 0.1) is 0 Å². The number of H-pyrrole nitrogens is 1. The van der Waals surface area contributed by atoms with E-state index in [0.29, 0.717) is 17.1 Å². The molecule has 2 aromatic carbocycles. The van der Waals surface area contributed by atoms with Crippen molar-refractivity contribution in [2.75, 3.05) is 13.8 Å². The van der Waals surface area contributed by atoms with Crippen molar-refractivity contribution < 1.29 is 14.7 Å². The molecule has 2 amide bonds. The van der Waals surface area contributed by atoms with Crippen LogP contribution in [0.15, 0.2) is 54.6 Å². The van der Waals surface area contributed by atoms with Gasteiger partial charge >= 0.3 is 0 Å². The Kier molecular flexibility index (Phi) is 6.34. The van der Waals surface area contributed by atoms with Gasteiger partial charge in [0, 0.05) is 35.4 Å². The summed E-state index contributed by atoms with van der Waals surface area (Å²) >= 11 is 6.01. The van der Waals surface area contributed by atoms with Crippen LogP contribution in [0.4, 0.5) is 0 Å². The number of rotatable bonds is 7. The zero-order valence-electron chi connectivity index (χ0n) is 15.5. The second kappa shape index (κ2) is 8.91. The van der Waals surface area contributed by atoms with E-state index in [4.69, 9.17) is 11.6 Å². The molecule has 0 spiro atoms. The molecule has 0 radical (unpaired) electrons. The molecule has 1 atom stereocenters. The second-order valence-corrected chi connectivity index (χ2v) is 7.15. The van der Waals surface area contributed by atoms with Gasteiger partial charge in [-0.2, -0.15) is 0 Å². The van der Waals surface area contributed by atoms with E-state index in [2.05, 4.69) is 10.3 Å². The molecule has 3 rings (SSSR count). The van der Waals surface area contributed by atoms with E-state index in [9.17, 15) is 14.7 Å². The number of fused-ring (bicyclic) bond motifs is 1. The van der Waals surface area contributed by atoms with Gasteiger partial charge < -0.3 is 20.3 Å². The monoisotopic (exact) mass is 399 g/mol. The summed E-state index contributed by atoms with van der Waals surface area (Å²) in [6, 6.07) is 16.3. The van der Waals surface area contributed by atoms with Gasteiger partial charge in [-0.1, -0.05) is 41.9 Å². The Hall–Kier alpha value is -2.83. The van der Waals surface area contributed by atoms with E-state index in [-0.39, 0.29) is 25.0 Å². The minimum atomic E-state index is -0.411. The molecule has 28 heavy (non-hydrogen) atoms. The molecule has 1 unspecified atom stereocenters. The Balaban J connectivity index is 1.78. The number of hydrogen-bond acceptors (Lipinski definition) is 3. The minimum absolute atomic E-state index is 0.0871. The fraction of sp³-hybridized carbons (Fsp3) is 0.238. The molecule has 7 heteroatoms. The normalized spacial score (nSPS) is 12.0. The van der Waals surface area contributed by atoms with E-state index in [0.717, 1.165) is 16.5 Å². The molecule has 1 heterocycles. The first kappa shape index (κ1) is 19.9. The number of aliphatic hydroxyl groups is 1. The van der Waals surface area contributed by atoms with Crippen molar-refractivity contribution in [1.82, 2.24) is 15.2 Å². The fourth-order valence-corrected chi connectivity index (χ4v) is 3.19. The quantitative estimate of drug-likeness (QED) is 0.534. The molecule has 0 aliphatic carbocycles. The average Bonchev–Trinajstić information content (AvgIpc) is 3.11. The first-order chi connectivity index (χ1) is 13.5. The van der Waals surface area contributed by atoms with Crippen molar-refractivity contribution in [2.45, 2.75) is 18.9 Å². The zero-order valence-corrected chi connectivity index (χ0v) is 16.2. The molecule has 1 aromatic heterocycles. The maximum absolute atomic E-state index is 12.8. The van der Waals surface area contributed by atoms with Gasteiger partial charge in [0.1, 0.15) is 12.4 Å². The number of amides is 2. The van der Waals surface area contributed by atoms with Crippen LogP contribution in [0.2, 0.25) is 5.02 Å². The molecule has 3 aromatic rings. The van der Waals surface area contributed by atoms with E-state index in [1.165, 1.54) is 11.9 Å². The second-order valence-electron chi connectivity index (χ2n) is 6.71. The first-order valence-corrected chi connectivity index (χ1v) is 9.32. The van der Waals surface area contributed by atoms with E-state index < -0.39 is 6.04 Å². The van der Waals surface area contributed by atoms with Gasteiger partial charge in [0.05, 0.1) is 0 Å². The summed E-state index contributed by atoms with van der Waals surface area (Å²) < 4.78 is 0. The standard InChI is InChI=1S/C21H22ClN3O3/c1-25(13-26)20(27)12-17(9-14-5-3-2-4-6-14)23-21(28)19-11-15-10-16(22)7-8-18(15)24-19/h2-8,10-11,17,24,26H,9,12-13H2,1H3,(H,23,28). The third kappa shape index (κ3) is 4.91. The van der Waals surface area contributed by atoms with Gasteiger partial charge in [0.2, 0.25) is 5.91 Å². The van der Waals surface area contributed by atoms with E-state index in [1.807, 2.05) is 36.4 Å². The molecule has 146 valence electrons. The number of aromatic nitrogens is 1. The Morgan fingerprint density at radius 2 is 1.93 bits per heavy atom. The van der Waals surface area contributed by atoms with Gasteiger partial charge in [-0.05, 0) is 36.2 Å². The van der Waals surface area contributed by atoms with Crippen molar-refractivity contribution >= 4 is 34.3 Å². The van der Waals surface area contributed by atoms with Crippen molar-refractivity contribution in [1.29, 1.82) is 0 Å². The van der Waals surface area contributed by atoms with Crippen LogP contribution in [0.25, 0.3) is 10.9 Å². The van der Waals surface area contributed by atoms with Crippen LogP contribution in [-0.2, 0) is 11.2 Å². The molecule has 0 saturated heterocycles. The van der Waals surface area contributed by atoms with Crippen molar-refractivity contribution in [3.63, 3.8) is 0 Å². The van der Waals surface area contributed by atoms with Gasteiger partial charge in [-0.25, -0.2) is 0 Å². The highest BCUT2D eigenvalue weighted by Crippen LogP contribution is 2.20. The lowest BCUT2D eigenvalue weighted by molar-refractivity contribution is -0.133. The lowest BCUT2D eigenvalue weighted by Crippen LogP contribution is -2.41. The summed E-state index contributed by atoms with van der Waals surface area (Å²) in [6.45, 7) is -0.367. The lowest BCUT2D eigenvalue weighted by atomic mass is 10.0. The predicted molar refractivity (Wildman–Crippen MR) is 109 cm³/mol. The van der Waals surface area contributed by atoms with Crippen molar-refractivity contribution in [3.8, 4) is 0 Å². The molecule has 0 aliphatic rings. The number of halogens is 1. The summed E-state index contributed by atoms with van der Waals surface area (Å²) in [7, 11) is 1.52. The number of nitrogens with one attached hydrogen (secondary N) is 2. The SMILES string of the molecule is CN(CO)C(=O)CC(Cc1ccccc1)NC(=O)c1cc2cc(Cl)ccc2[nH]1. The maximum atomic E-state index is 12.8. The topological polar surface area (TPSA) is 85.4 Å². The van der Waals surface area contributed by atoms with Crippen LogP contribution >= 0.6 is 11.6 Å². The number of carbonyl (C=O) groups excluding carboxylic acids is 2. The van der Waals surface area contributed by atoms with Crippen molar-refractivity contribution in [2.24, 2.45) is 0 Å². The smallest absolute Gasteiger partial charge is 0.267 e. The number of carbonyl (C=O) groups is 2. The minimum Gasteiger partial charge on any atom is -0.376 e. The Morgan fingerprint density at radius 1 is 1.18 bits per heavy atom. The first-order valence-electron chi connectivity index (χ1n) is 8.94. The van der Waals surface area contributed by atoms with Gasteiger partial charge in [0.15, 0.2) is 0 Å². The zero-order chi connectivity index (χ0) is 20.1.